The van der Waals surface area contributed by atoms with Crippen molar-refractivity contribution in [3.05, 3.63) is 88.2 Å². The first-order chi connectivity index (χ1) is 19.8. The Morgan fingerprint density at radius 2 is 1.86 bits per heavy atom. The van der Waals surface area contributed by atoms with Gasteiger partial charge in [-0.3, -0.25) is 9.59 Å². The summed E-state index contributed by atoms with van der Waals surface area (Å²) >= 11 is 5.84. The molecule has 0 bridgehead atoms. The summed E-state index contributed by atoms with van der Waals surface area (Å²) in [6, 6.07) is 7.99. The molecule has 0 saturated heterocycles. The lowest BCUT2D eigenvalue weighted by Crippen LogP contribution is -2.23. The van der Waals surface area contributed by atoms with Crippen LogP contribution in [0.5, 0.6) is 5.75 Å². The van der Waals surface area contributed by atoms with E-state index in [1.54, 1.807) is 0 Å². The van der Waals surface area contributed by atoms with Gasteiger partial charge in [0.15, 0.2) is 5.82 Å². The highest BCUT2D eigenvalue weighted by Crippen LogP contribution is 2.32. The minimum absolute atomic E-state index is 0.00134. The van der Waals surface area contributed by atoms with Gasteiger partial charge < -0.3 is 25.3 Å². The Labute approximate surface area is 241 Å². The average molecular weight is 608 g/mol. The highest BCUT2D eigenvalue weighted by atomic mass is 35.5. The summed E-state index contributed by atoms with van der Waals surface area (Å²) in [5, 5.41) is 7.48. The molecule has 0 atom stereocenters. The average Bonchev–Trinajstić information content (AvgIpc) is 3.21. The molecule has 3 N–H and O–H groups in total. The molecule has 0 spiro atoms. The van der Waals surface area contributed by atoms with Crippen molar-refractivity contribution in [3.63, 3.8) is 0 Å². The van der Waals surface area contributed by atoms with Gasteiger partial charge in [-0.2, -0.15) is 0 Å². The summed E-state index contributed by atoms with van der Waals surface area (Å²) in [5.74, 6) is -4.32. The number of fused-ring (bicyclic) bond motifs is 1. The third-order valence-corrected chi connectivity index (χ3v) is 6.17. The zero-order valence-electron chi connectivity index (χ0n) is 22.1. The number of alkyl halides is 2. The van der Waals surface area contributed by atoms with Crippen LogP contribution in [0.1, 0.15) is 22.8 Å². The number of hydrogen-bond donors (Lipinski definition) is 3. The van der Waals surface area contributed by atoms with Gasteiger partial charge in [-0.1, -0.05) is 24.2 Å². The Balaban J connectivity index is 1.70. The summed E-state index contributed by atoms with van der Waals surface area (Å²) in [6.45, 7) is 3.70. The molecular weight excluding hydrogens is 585 g/mol. The Bertz CT molecular complexity index is 1690. The van der Waals surface area contributed by atoms with Crippen LogP contribution >= 0.6 is 11.6 Å². The number of aromatic nitrogens is 2. The number of halogens is 6. The topological polar surface area (TPSA) is 97.3 Å². The van der Waals surface area contributed by atoms with Gasteiger partial charge >= 0.3 is 0 Å². The van der Waals surface area contributed by atoms with Crippen LogP contribution in [0.25, 0.3) is 11.0 Å². The zero-order chi connectivity index (χ0) is 30.7. The fourth-order valence-electron chi connectivity index (χ4n) is 3.89. The second kappa shape index (κ2) is 12.5. The molecule has 1 heterocycles. The van der Waals surface area contributed by atoms with Crippen LogP contribution in [0.4, 0.5) is 39.3 Å². The minimum atomic E-state index is -2.86. The Morgan fingerprint density at radius 3 is 2.52 bits per heavy atom. The smallest absolute Gasteiger partial charge is 0.272 e. The van der Waals surface area contributed by atoms with E-state index in [1.807, 2.05) is 0 Å². The van der Waals surface area contributed by atoms with Crippen LogP contribution in [0.15, 0.2) is 54.6 Å². The van der Waals surface area contributed by atoms with Crippen molar-refractivity contribution in [1.29, 1.82) is 0 Å². The summed E-state index contributed by atoms with van der Waals surface area (Å²) in [6.07, 6.45) is -2.86. The number of amides is 2. The second-order valence-corrected chi connectivity index (χ2v) is 9.57. The molecule has 220 valence electrons. The van der Waals surface area contributed by atoms with E-state index in [9.17, 15) is 27.2 Å². The molecule has 0 saturated carbocycles. The number of carbonyl (C=O) groups is 2. The largest absolute Gasteiger partial charge is 0.487 e. The number of imidazole rings is 1. The number of hydrogen-bond acceptors (Lipinski definition) is 5. The number of aryl methyl sites for hydroxylation is 1. The minimum Gasteiger partial charge on any atom is -0.487 e. The molecule has 42 heavy (non-hydrogen) atoms. The maximum absolute atomic E-state index is 15.2. The molecule has 1 aromatic heterocycles. The second-order valence-electron chi connectivity index (χ2n) is 9.13. The molecule has 0 aliphatic rings. The van der Waals surface area contributed by atoms with E-state index < -0.39 is 48.0 Å². The lowest BCUT2D eigenvalue weighted by molar-refractivity contribution is -0.117. The number of nitrogens with one attached hydrogen (secondary N) is 3. The van der Waals surface area contributed by atoms with Gasteiger partial charge in [-0.15, -0.1) is 0 Å². The van der Waals surface area contributed by atoms with E-state index in [0.29, 0.717) is 0 Å². The molecule has 14 heteroatoms. The normalized spacial score (nSPS) is 11.1. The van der Waals surface area contributed by atoms with Crippen LogP contribution < -0.4 is 20.7 Å². The van der Waals surface area contributed by atoms with Crippen molar-refractivity contribution in [2.24, 2.45) is 7.05 Å². The number of anilines is 3. The van der Waals surface area contributed by atoms with E-state index in [1.165, 1.54) is 42.8 Å². The van der Waals surface area contributed by atoms with Crippen LogP contribution in [0.2, 0.25) is 5.02 Å². The van der Waals surface area contributed by atoms with E-state index in [0.717, 1.165) is 18.2 Å². The molecule has 3 aromatic carbocycles. The molecule has 4 aromatic rings. The van der Waals surface area contributed by atoms with E-state index in [2.05, 4.69) is 27.5 Å². The molecule has 0 unspecified atom stereocenters. The number of ether oxygens (including phenoxy) is 1. The highest BCUT2D eigenvalue weighted by molar-refractivity contribution is 6.31. The monoisotopic (exact) mass is 607 g/mol. The first-order valence-corrected chi connectivity index (χ1v) is 12.6. The molecule has 0 aliphatic carbocycles. The SMILES string of the molecule is C=C(C)C(=O)NCc1ccc(F)c(Nc2nc3cc(C(=O)Nc4cc(F)cc(Cl)c4)c(OCC(F)F)cc3n2C)c1F. The summed E-state index contributed by atoms with van der Waals surface area (Å²) in [5.41, 5.74) is -0.202. The molecular formula is C28H23ClF5N5O3. The van der Waals surface area contributed by atoms with Crippen LogP contribution in [0, 0.1) is 17.5 Å². The van der Waals surface area contributed by atoms with E-state index >= 15 is 4.39 Å². The van der Waals surface area contributed by atoms with Gasteiger partial charge in [0.1, 0.15) is 29.7 Å². The molecule has 2 amide bonds. The third kappa shape index (κ3) is 6.79. The molecule has 0 radical (unpaired) electrons. The summed E-state index contributed by atoms with van der Waals surface area (Å²) in [7, 11) is 1.48. The quantitative estimate of drug-likeness (QED) is 0.142. The van der Waals surface area contributed by atoms with Crippen molar-refractivity contribution >= 4 is 51.8 Å². The van der Waals surface area contributed by atoms with Crippen molar-refractivity contribution in [2.75, 3.05) is 17.2 Å². The van der Waals surface area contributed by atoms with Gasteiger partial charge in [0, 0.05) is 41.5 Å². The molecule has 8 nitrogen and oxygen atoms in total. The maximum Gasteiger partial charge on any atom is 0.272 e. The van der Waals surface area contributed by atoms with Gasteiger partial charge in [0.25, 0.3) is 12.3 Å². The van der Waals surface area contributed by atoms with E-state index in [-0.39, 0.29) is 56.7 Å². The van der Waals surface area contributed by atoms with Crippen LogP contribution in [0.3, 0.4) is 0 Å². The van der Waals surface area contributed by atoms with Crippen molar-refractivity contribution in [2.45, 2.75) is 19.9 Å². The molecule has 4 rings (SSSR count). The third-order valence-electron chi connectivity index (χ3n) is 5.95. The highest BCUT2D eigenvalue weighted by Gasteiger charge is 2.22. The van der Waals surface area contributed by atoms with Crippen molar-refractivity contribution in [1.82, 2.24) is 14.9 Å². The fourth-order valence-corrected chi connectivity index (χ4v) is 4.11. The Kier molecular flexibility index (Phi) is 9.00. The maximum atomic E-state index is 15.2. The Hall–Kier alpha value is -4.65. The lowest BCUT2D eigenvalue weighted by atomic mass is 10.1. The predicted molar refractivity (Wildman–Crippen MR) is 148 cm³/mol. The Morgan fingerprint density at radius 1 is 1.12 bits per heavy atom. The first kappa shape index (κ1) is 30.3. The number of benzene rings is 3. The first-order valence-electron chi connectivity index (χ1n) is 12.2. The van der Waals surface area contributed by atoms with Crippen molar-refractivity contribution < 1.29 is 36.3 Å². The van der Waals surface area contributed by atoms with Crippen LogP contribution in [-0.2, 0) is 18.4 Å². The summed E-state index contributed by atoms with van der Waals surface area (Å²) < 4.78 is 76.2. The lowest BCUT2D eigenvalue weighted by Gasteiger charge is -2.13. The summed E-state index contributed by atoms with van der Waals surface area (Å²) in [4.78, 5) is 29.2. The molecule has 0 fully saturated rings. The van der Waals surface area contributed by atoms with Gasteiger partial charge in [0.2, 0.25) is 11.9 Å². The predicted octanol–water partition coefficient (Wildman–Crippen LogP) is 6.48. The van der Waals surface area contributed by atoms with Crippen LogP contribution in [-0.4, -0.2) is 34.4 Å². The number of nitrogens with zero attached hydrogens (tertiary/aromatic N) is 2. The standard InChI is InChI=1S/C28H23ClF5N5O3/c1-13(2)26(40)35-11-14-4-5-19(31)25(24(14)34)38-28-37-20-9-18(22(42-12-23(32)33)10-21(20)39(28)3)27(41)36-17-7-15(29)6-16(30)8-17/h4-10,23H,1,11-12H2,2-3H3,(H,35,40)(H,36,41)(H,37,38). The molecule has 0 aliphatic heterocycles. The number of carbonyl (C=O) groups excluding carboxylic acids is 2. The van der Waals surface area contributed by atoms with Crippen molar-refractivity contribution in [3.8, 4) is 5.75 Å². The van der Waals surface area contributed by atoms with E-state index in [4.69, 9.17) is 16.3 Å². The fraction of sp³-hybridized carbons (Fsp3) is 0.179. The van der Waals surface area contributed by atoms with Gasteiger partial charge in [-0.25, -0.2) is 26.9 Å². The number of rotatable bonds is 10. The van der Waals surface area contributed by atoms with Gasteiger partial charge in [-0.05, 0) is 37.3 Å². The zero-order valence-corrected chi connectivity index (χ0v) is 22.9. The van der Waals surface area contributed by atoms with Gasteiger partial charge in [0.05, 0.1) is 16.6 Å².